The lowest BCUT2D eigenvalue weighted by molar-refractivity contribution is 0.0724. The van der Waals surface area contributed by atoms with Crippen LogP contribution in [0, 0.1) is 6.92 Å². The van der Waals surface area contributed by atoms with E-state index in [4.69, 9.17) is 4.42 Å². The Morgan fingerprint density at radius 2 is 1.74 bits per heavy atom. The molecule has 1 aromatic heterocycles. The lowest BCUT2D eigenvalue weighted by Crippen LogP contribution is -2.51. The summed E-state index contributed by atoms with van der Waals surface area (Å²) in [6, 6.07) is 13.9. The van der Waals surface area contributed by atoms with Crippen molar-refractivity contribution >= 4 is 16.9 Å². The quantitative estimate of drug-likeness (QED) is 0.642. The number of carbonyl (C=O) groups excluding carboxylic acids is 1. The van der Waals surface area contributed by atoms with E-state index in [1.807, 2.05) is 30.3 Å². The van der Waals surface area contributed by atoms with E-state index in [1.165, 1.54) is 6.92 Å². The van der Waals surface area contributed by atoms with Crippen LogP contribution in [0.2, 0.25) is 0 Å². The van der Waals surface area contributed by atoms with Gasteiger partial charge < -0.3 is 19.9 Å². The molecule has 6 nitrogen and oxygen atoms in total. The van der Waals surface area contributed by atoms with Crippen molar-refractivity contribution in [2.75, 3.05) is 13.2 Å². The van der Waals surface area contributed by atoms with Gasteiger partial charge in [-0.25, -0.2) is 0 Å². The van der Waals surface area contributed by atoms with Crippen molar-refractivity contribution in [3.8, 4) is 11.3 Å². The molecule has 0 aliphatic carbocycles. The van der Waals surface area contributed by atoms with Gasteiger partial charge in [-0.2, -0.15) is 0 Å². The van der Waals surface area contributed by atoms with Crippen LogP contribution < -0.4 is 10.7 Å². The summed E-state index contributed by atoms with van der Waals surface area (Å²) < 4.78 is 6.01. The number of fused-ring (bicyclic) bond motifs is 1. The van der Waals surface area contributed by atoms with E-state index in [1.54, 1.807) is 25.1 Å². The van der Waals surface area contributed by atoms with Crippen LogP contribution in [-0.4, -0.2) is 34.9 Å². The number of hydrogen-bond acceptors (Lipinski definition) is 5. The predicted octanol–water partition coefficient (Wildman–Crippen LogP) is 2.24. The third-order valence-electron chi connectivity index (χ3n) is 4.54. The second-order valence-corrected chi connectivity index (χ2v) is 6.76. The van der Waals surface area contributed by atoms with E-state index < -0.39 is 24.7 Å². The molecule has 140 valence electrons. The molecule has 0 unspecified atom stereocenters. The van der Waals surface area contributed by atoms with E-state index >= 15 is 0 Å². The lowest BCUT2D eigenvalue weighted by Gasteiger charge is -2.26. The van der Waals surface area contributed by atoms with Crippen molar-refractivity contribution in [3.63, 3.8) is 0 Å². The number of rotatable bonds is 5. The van der Waals surface area contributed by atoms with Gasteiger partial charge in [-0.15, -0.1) is 0 Å². The zero-order valence-electron chi connectivity index (χ0n) is 15.2. The molecule has 0 aliphatic heterocycles. The molecule has 27 heavy (non-hydrogen) atoms. The molecule has 3 rings (SSSR count). The first-order chi connectivity index (χ1) is 12.9. The van der Waals surface area contributed by atoms with Crippen LogP contribution in [0.4, 0.5) is 0 Å². The van der Waals surface area contributed by atoms with Gasteiger partial charge in [-0.05, 0) is 26.0 Å². The van der Waals surface area contributed by atoms with Crippen LogP contribution in [0.15, 0.2) is 57.7 Å². The zero-order chi connectivity index (χ0) is 19.6. The summed E-state index contributed by atoms with van der Waals surface area (Å²) >= 11 is 0. The van der Waals surface area contributed by atoms with E-state index in [9.17, 15) is 19.8 Å². The molecule has 1 amide bonds. The third-order valence-corrected chi connectivity index (χ3v) is 4.54. The summed E-state index contributed by atoms with van der Waals surface area (Å²) in [6.07, 6.45) is 0. The first-order valence-electron chi connectivity index (χ1n) is 8.56. The number of aliphatic hydroxyl groups excluding tert-OH is 2. The van der Waals surface area contributed by atoms with Crippen molar-refractivity contribution < 1.29 is 19.4 Å². The van der Waals surface area contributed by atoms with Gasteiger partial charge in [-0.3, -0.25) is 9.59 Å². The highest BCUT2D eigenvalue weighted by Crippen LogP contribution is 2.27. The van der Waals surface area contributed by atoms with Gasteiger partial charge in [-0.1, -0.05) is 36.4 Å². The lowest BCUT2D eigenvalue weighted by atomic mass is 10.0. The minimum absolute atomic E-state index is 0.162. The average molecular weight is 367 g/mol. The molecule has 0 fully saturated rings. The molecule has 0 saturated heterocycles. The zero-order valence-corrected chi connectivity index (χ0v) is 15.2. The Labute approximate surface area is 156 Å². The Kier molecular flexibility index (Phi) is 5.12. The minimum Gasteiger partial charge on any atom is -0.455 e. The number of amides is 1. The van der Waals surface area contributed by atoms with Crippen molar-refractivity contribution in [1.29, 1.82) is 0 Å². The second kappa shape index (κ2) is 7.34. The molecule has 6 heteroatoms. The molecule has 3 aromatic rings. The van der Waals surface area contributed by atoms with Gasteiger partial charge in [0.05, 0.1) is 29.7 Å². The van der Waals surface area contributed by atoms with Gasteiger partial charge in [0.25, 0.3) is 5.91 Å². The monoisotopic (exact) mass is 367 g/mol. The summed E-state index contributed by atoms with van der Waals surface area (Å²) in [7, 11) is 0. The summed E-state index contributed by atoms with van der Waals surface area (Å²) in [4.78, 5) is 25.6. The van der Waals surface area contributed by atoms with E-state index in [-0.39, 0.29) is 16.6 Å². The summed E-state index contributed by atoms with van der Waals surface area (Å²) in [6.45, 7) is 2.34. The first kappa shape index (κ1) is 18.8. The van der Waals surface area contributed by atoms with Crippen LogP contribution in [0.3, 0.4) is 0 Å². The summed E-state index contributed by atoms with van der Waals surface area (Å²) in [5, 5.41) is 21.7. The predicted molar refractivity (Wildman–Crippen MR) is 103 cm³/mol. The molecular formula is C21H21NO5. The molecule has 0 radical (unpaired) electrons. The van der Waals surface area contributed by atoms with E-state index in [2.05, 4.69) is 5.32 Å². The number of hydrogen-bond donors (Lipinski definition) is 3. The van der Waals surface area contributed by atoms with Gasteiger partial charge in [0.1, 0.15) is 5.76 Å². The average Bonchev–Trinajstić information content (AvgIpc) is 2.70. The third kappa shape index (κ3) is 3.49. The maximum absolute atomic E-state index is 12.8. The van der Waals surface area contributed by atoms with Gasteiger partial charge >= 0.3 is 0 Å². The molecule has 1 heterocycles. The molecule has 3 N–H and O–H groups in total. The van der Waals surface area contributed by atoms with E-state index in [0.29, 0.717) is 16.7 Å². The standard InChI is InChI=1S/C21H21NO5/c1-13-17(25)15-9-6-10-16(20(26)22-21(2,11-23)12-24)19(15)27-18(13)14-7-4-3-5-8-14/h3-10,23-24H,11-12H2,1-2H3,(H,22,26). The molecular weight excluding hydrogens is 346 g/mol. The van der Waals surface area contributed by atoms with Crippen LogP contribution >= 0.6 is 0 Å². The van der Waals surface area contributed by atoms with Crippen molar-refractivity contribution in [3.05, 3.63) is 69.9 Å². The van der Waals surface area contributed by atoms with Crippen molar-refractivity contribution in [2.45, 2.75) is 19.4 Å². The number of carbonyl (C=O) groups is 1. The van der Waals surface area contributed by atoms with Crippen LogP contribution in [0.25, 0.3) is 22.3 Å². The largest absolute Gasteiger partial charge is 0.455 e. The molecule has 0 bridgehead atoms. The Hall–Kier alpha value is -2.96. The minimum atomic E-state index is -1.19. The maximum Gasteiger partial charge on any atom is 0.255 e. The number of aliphatic hydroxyl groups is 2. The number of para-hydroxylation sites is 1. The highest BCUT2D eigenvalue weighted by Gasteiger charge is 2.27. The van der Waals surface area contributed by atoms with E-state index in [0.717, 1.165) is 5.56 Å². The maximum atomic E-state index is 12.8. The highest BCUT2D eigenvalue weighted by atomic mass is 16.3. The SMILES string of the molecule is Cc1c(-c2ccccc2)oc2c(C(=O)NC(C)(CO)CO)cccc2c1=O. The molecule has 0 aliphatic rings. The van der Waals surface area contributed by atoms with Gasteiger partial charge in [0.2, 0.25) is 0 Å². The second-order valence-electron chi connectivity index (χ2n) is 6.76. The smallest absolute Gasteiger partial charge is 0.255 e. The molecule has 0 atom stereocenters. The Bertz CT molecular complexity index is 1040. The van der Waals surface area contributed by atoms with Gasteiger partial charge in [0.15, 0.2) is 11.0 Å². The molecule has 0 spiro atoms. The highest BCUT2D eigenvalue weighted by molar-refractivity contribution is 6.05. The topological polar surface area (TPSA) is 99.8 Å². The Morgan fingerprint density at radius 3 is 2.37 bits per heavy atom. The molecule has 2 aromatic carbocycles. The number of nitrogens with one attached hydrogen (secondary N) is 1. The first-order valence-corrected chi connectivity index (χ1v) is 8.56. The summed E-state index contributed by atoms with van der Waals surface area (Å²) in [5.74, 6) is -0.141. The van der Waals surface area contributed by atoms with Gasteiger partial charge in [0, 0.05) is 11.1 Å². The van der Waals surface area contributed by atoms with Crippen LogP contribution in [-0.2, 0) is 0 Å². The Balaban J connectivity index is 2.20. The normalized spacial score (nSPS) is 11.6. The van der Waals surface area contributed by atoms with Crippen LogP contribution in [0.5, 0.6) is 0 Å². The Morgan fingerprint density at radius 1 is 1.07 bits per heavy atom. The molecule has 0 saturated carbocycles. The fourth-order valence-electron chi connectivity index (χ4n) is 2.82. The van der Waals surface area contributed by atoms with Crippen LogP contribution in [0.1, 0.15) is 22.8 Å². The fourth-order valence-corrected chi connectivity index (χ4v) is 2.82. The fraction of sp³-hybridized carbons (Fsp3) is 0.238. The van der Waals surface area contributed by atoms with Crippen molar-refractivity contribution in [2.24, 2.45) is 0 Å². The van der Waals surface area contributed by atoms with Crippen molar-refractivity contribution in [1.82, 2.24) is 5.32 Å². The number of benzene rings is 2. The summed E-state index contributed by atoms with van der Waals surface area (Å²) in [5.41, 5.74) is 0.128.